The Kier molecular flexibility index (Phi) is 3.73. The first-order valence-corrected chi connectivity index (χ1v) is 9.06. The molecule has 8 nitrogen and oxygen atoms in total. The fourth-order valence-corrected chi connectivity index (χ4v) is 3.71. The van der Waals surface area contributed by atoms with Crippen molar-refractivity contribution >= 4 is 21.9 Å². The molecule has 0 unspecified atom stereocenters. The van der Waals surface area contributed by atoms with E-state index in [2.05, 4.69) is 15.1 Å². The van der Waals surface area contributed by atoms with Crippen LogP contribution in [0.3, 0.4) is 0 Å². The number of nitrogens with zero attached hydrogens (tertiary/aromatic N) is 6. The van der Waals surface area contributed by atoms with Crippen molar-refractivity contribution in [3.8, 4) is 22.6 Å². The molecule has 0 N–H and O–H groups in total. The molecule has 0 aliphatic carbocycles. The van der Waals surface area contributed by atoms with Crippen molar-refractivity contribution in [3.63, 3.8) is 0 Å². The van der Waals surface area contributed by atoms with Gasteiger partial charge < -0.3 is 4.74 Å². The summed E-state index contributed by atoms with van der Waals surface area (Å²) >= 11 is 0. The Morgan fingerprint density at radius 1 is 1.07 bits per heavy atom. The number of hydrogen-bond acceptors (Lipinski definition) is 5. The SMILES string of the molecule is COc1cc2ncc3c(c2cc1-c1cnn(C)c1)n(-c1ccncc1)c(=O)n3C. The molecule has 5 rings (SSSR count). The number of imidazole rings is 1. The van der Waals surface area contributed by atoms with E-state index in [0.717, 1.165) is 38.8 Å². The number of pyridine rings is 2. The summed E-state index contributed by atoms with van der Waals surface area (Å²) < 4.78 is 10.7. The van der Waals surface area contributed by atoms with Crippen molar-refractivity contribution in [2.75, 3.05) is 7.11 Å². The van der Waals surface area contributed by atoms with Gasteiger partial charge in [0.2, 0.25) is 0 Å². The summed E-state index contributed by atoms with van der Waals surface area (Å²) in [4.78, 5) is 21.7. The Balaban J connectivity index is 1.94. The van der Waals surface area contributed by atoms with E-state index in [-0.39, 0.29) is 5.69 Å². The van der Waals surface area contributed by atoms with E-state index in [1.807, 2.05) is 37.5 Å². The van der Waals surface area contributed by atoms with Crippen LogP contribution in [0.25, 0.3) is 38.8 Å². The largest absolute Gasteiger partial charge is 0.496 e. The van der Waals surface area contributed by atoms with Gasteiger partial charge in [-0.15, -0.1) is 0 Å². The predicted octanol–water partition coefficient (Wildman–Crippen LogP) is 2.68. The molecule has 8 heteroatoms. The summed E-state index contributed by atoms with van der Waals surface area (Å²) in [5.74, 6) is 0.700. The summed E-state index contributed by atoms with van der Waals surface area (Å²) in [6.45, 7) is 0. The van der Waals surface area contributed by atoms with Crippen molar-refractivity contribution < 1.29 is 4.74 Å². The number of aromatic nitrogens is 6. The smallest absolute Gasteiger partial charge is 0.333 e. The van der Waals surface area contributed by atoms with Crippen molar-refractivity contribution in [2.24, 2.45) is 14.1 Å². The van der Waals surface area contributed by atoms with E-state index in [4.69, 9.17) is 4.74 Å². The van der Waals surface area contributed by atoms with Crippen molar-refractivity contribution in [1.29, 1.82) is 0 Å². The molecule has 0 atom stereocenters. The van der Waals surface area contributed by atoms with Gasteiger partial charge in [0.25, 0.3) is 0 Å². The average molecular weight is 386 g/mol. The van der Waals surface area contributed by atoms with E-state index in [1.165, 1.54) is 0 Å². The summed E-state index contributed by atoms with van der Waals surface area (Å²) in [5.41, 5.74) is 4.72. The lowest BCUT2D eigenvalue weighted by atomic mass is 10.0. The Labute approximate surface area is 165 Å². The first-order valence-electron chi connectivity index (χ1n) is 9.06. The molecule has 0 amide bonds. The molecule has 4 aromatic heterocycles. The number of aryl methyl sites for hydroxylation is 2. The van der Waals surface area contributed by atoms with Gasteiger partial charge in [0.05, 0.1) is 41.7 Å². The minimum atomic E-state index is -0.140. The molecule has 1 aromatic carbocycles. The third-order valence-corrected chi connectivity index (χ3v) is 5.14. The third kappa shape index (κ3) is 2.53. The maximum absolute atomic E-state index is 13.1. The van der Waals surface area contributed by atoms with Gasteiger partial charge in [-0.2, -0.15) is 5.10 Å². The summed E-state index contributed by atoms with van der Waals surface area (Å²) in [6, 6.07) is 7.54. The first-order chi connectivity index (χ1) is 14.1. The molecule has 0 saturated heterocycles. The van der Waals surface area contributed by atoms with E-state index in [0.29, 0.717) is 5.75 Å². The lowest BCUT2D eigenvalue weighted by molar-refractivity contribution is 0.417. The van der Waals surface area contributed by atoms with Crippen LogP contribution in [0.4, 0.5) is 0 Å². The zero-order valence-electron chi connectivity index (χ0n) is 16.2. The molecule has 144 valence electrons. The van der Waals surface area contributed by atoms with Crippen LogP contribution in [0.15, 0.2) is 60.0 Å². The molecule has 4 heterocycles. The molecule has 5 aromatic rings. The zero-order valence-corrected chi connectivity index (χ0v) is 16.2. The van der Waals surface area contributed by atoms with Gasteiger partial charge in [-0.25, -0.2) is 4.79 Å². The van der Waals surface area contributed by atoms with Gasteiger partial charge in [0.15, 0.2) is 0 Å². The van der Waals surface area contributed by atoms with Crippen LogP contribution in [-0.2, 0) is 14.1 Å². The maximum atomic E-state index is 13.1. The van der Waals surface area contributed by atoms with Gasteiger partial charge >= 0.3 is 5.69 Å². The second-order valence-electron chi connectivity index (χ2n) is 6.85. The highest BCUT2D eigenvalue weighted by Gasteiger charge is 2.18. The fraction of sp³-hybridized carbons (Fsp3) is 0.143. The predicted molar refractivity (Wildman–Crippen MR) is 110 cm³/mol. The van der Waals surface area contributed by atoms with E-state index >= 15 is 0 Å². The molecule has 0 aliphatic rings. The lowest BCUT2D eigenvalue weighted by Crippen LogP contribution is -2.20. The lowest BCUT2D eigenvalue weighted by Gasteiger charge is -2.11. The highest BCUT2D eigenvalue weighted by atomic mass is 16.5. The monoisotopic (exact) mass is 386 g/mol. The molecule has 0 bridgehead atoms. The second kappa shape index (κ2) is 6.30. The Morgan fingerprint density at radius 3 is 2.55 bits per heavy atom. The van der Waals surface area contributed by atoms with E-state index in [9.17, 15) is 4.79 Å². The number of ether oxygens (including phenoxy) is 1. The number of fused-ring (bicyclic) bond motifs is 3. The highest BCUT2D eigenvalue weighted by molar-refractivity contribution is 6.05. The average Bonchev–Trinajstić information content (AvgIpc) is 3.29. The van der Waals surface area contributed by atoms with Crippen LogP contribution in [-0.4, -0.2) is 36.0 Å². The van der Waals surface area contributed by atoms with Crippen LogP contribution in [0.1, 0.15) is 0 Å². The van der Waals surface area contributed by atoms with Crippen LogP contribution < -0.4 is 10.4 Å². The standard InChI is InChI=1S/C21H18N6O2/c1-25-12-13(10-24-25)15-8-16-17(9-19(15)29-3)23-11-18-20(16)27(21(28)26(18)2)14-4-6-22-7-5-14/h4-12H,1-3H3. The van der Waals surface area contributed by atoms with Crippen LogP contribution in [0, 0.1) is 0 Å². The van der Waals surface area contributed by atoms with Crippen LogP contribution in [0.5, 0.6) is 5.75 Å². The topological polar surface area (TPSA) is 79.8 Å². The number of hydrogen-bond donors (Lipinski definition) is 0. The second-order valence-corrected chi connectivity index (χ2v) is 6.85. The normalized spacial score (nSPS) is 11.4. The van der Waals surface area contributed by atoms with Gasteiger partial charge in [0.1, 0.15) is 5.75 Å². The van der Waals surface area contributed by atoms with E-state index < -0.39 is 0 Å². The van der Waals surface area contributed by atoms with Crippen LogP contribution in [0.2, 0.25) is 0 Å². The molecule has 0 saturated carbocycles. The molecule has 0 aliphatic heterocycles. The van der Waals surface area contributed by atoms with Gasteiger partial charge in [-0.1, -0.05) is 0 Å². The number of benzene rings is 1. The van der Waals surface area contributed by atoms with Crippen molar-refractivity contribution in [1.82, 2.24) is 28.9 Å². The molecule has 0 fully saturated rings. The summed E-state index contributed by atoms with van der Waals surface area (Å²) in [7, 11) is 5.26. The minimum Gasteiger partial charge on any atom is -0.496 e. The minimum absolute atomic E-state index is 0.140. The zero-order chi connectivity index (χ0) is 20.1. The third-order valence-electron chi connectivity index (χ3n) is 5.14. The van der Waals surface area contributed by atoms with Crippen molar-refractivity contribution in [2.45, 2.75) is 0 Å². The van der Waals surface area contributed by atoms with Gasteiger partial charge in [-0.3, -0.25) is 23.8 Å². The van der Waals surface area contributed by atoms with Gasteiger partial charge in [-0.05, 0) is 18.2 Å². The molecule has 0 spiro atoms. The van der Waals surface area contributed by atoms with Crippen LogP contribution >= 0.6 is 0 Å². The highest BCUT2D eigenvalue weighted by Crippen LogP contribution is 2.36. The van der Waals surface area contributed by atoms with Gasteiger partial charge in [0, 0.05) is 55.3 Å². The molecule has 29 heavy (non-hydrogen) atoms. The molecule has 0 radical (unpaired) electrons. The first kappa shape index (κ1) is 17.2. The Hall–Kier alpha value is -3.94. The Morgan fingerprint density at radius 2 is 1.86 bits per heavy atom. The molecular weight excluding hydrogens is 368 g/mol. The van der Waals surface area contributed by atoms with Crippen molar-refractivity contribution in [3.05, 3.63) is 65.7 Å². The van der Waals surface area contributed by atoms with E-state index in [1.54, 1.807) is 52.8 Å². The quantitative estimate of drug-likeness (QED) is 0.476. The fourth-order valence-electron chi connectivity index (χ4n) is 3.71. The number of methoxy groups -OCH3 is 1. The summed E-state index contributed by atoms with van der Waals surface area (Å²) in [6.07, 6.45) is 8.79. The molecular formula is C21H18N6O2. The maximum Gasteiger partial charge on any atom is 0.333 e. The summed E-state index contributed by atoms with van der Waals surface area (Å²) in [5, 5.41) is 5.13. The Bertz CT molecular complexity index is 1430. The number of rotatable bonds is 3.